The van der Waals surface area contributed by atoms with Gasteiger partial charge in [0.05, 0.1) is 6.04 Å². The summed E-state index contributed by atoms with van der Waals surface area (Å²) in [6, 6.07) is 10.1. The van der Waals surface area contributed by atoms with Crippen molar-refractivity contribution in [3.8, 4) is 0 Å². The summed E-state index contributed by atoms with van der Waals surface area (Å²) in [6.45, 7) is 4.64. The molecular formula is C14H20N2O2. The second kappa shape index (κ2) is 5.50. The Balaban J connectivity index is 2.08. The van der Waals surface area contributed by atoms with Crippen LogP contribution in [0.5, 0.6) is 0 Å². The Morgan fingerprint density at radius 3 is 2.61 bits per heavy atom. The molecule has 2 rings (SSSR count). The van der Waals surface area contributed by atoms with Gasteiger partial charge in [0.2, 0.25) is 5.91 Å². The van der Waals surface area contributed by atoms with E-state index in [9.17, 15) is 4.79 Å². The maximum absolute atomic E-state index is 12.0. The zero-order chi connectivity index (χ0) is 13.1. The first-order chi connectivity index (χ1) is 8.63. The fourth-order valence-electron chi connectivity index (χ4n) is 2.49. The van der Waals surface area contributed by atoms with Crippen LogP contribution in [0.25, 0.3) is 0 Å². The molecule has 0 aromatic heterocycles. The van der Waals surface area contributed by atoms with Gasteiger partial charge in [-0.05, 0) is 19.4 Å². The van der Waals surface area contributed by atoms with Crippen LogP contribution < -0.4 is 5.48 Å². The third-order valence-electron chi connectivity index (χ3n) is 3.85. The Labute approximate surface area is 108 Å². The van der Waals surface area contributed by atoms with Crippen LogP contribution in [0.1, 0.15) is 31.9 Å². The number of hydrogen-bond donors (Lipinski definition) is 2. The normalized spacial score (nSPS) is 23.2. The number of hydrogen-bond acceptors (Lipinski definition) is 3. The molecule has 1 unspecified atom stereocenters. The van der Waals surface area contributed by atoms with E-state index in [1.165, 1.54) is 0 Å². The predicted octanol–water partition coefficient (Wildman–Crippen LogP) is 1.96. The molecule has 3 atom stereocenters. The molecule has 1 saturated heterocycles. The minimum atomic E-state index is -0.0538. The lowest BCUT2D eigenvalue weighted by molar-refractivity contribution is -0.129. The number of nitrogens with zero attached hydrogens (tertiary/aromatic N) is 1. The summed E-state index contributed by atoms with van der Waals surface area (Å²) in [5, 5.41) is 8.94. The summed E-state index contributed by atoms with van der Waals surface area (Å²) < 4.78 is 0. The second-order valence-corrected chi connectivity index (χ2v) is 5.01. The van der Waals surface area contributed by atoms with Crippen molar-refractivity contribution in [3.63, 3.8) is 0 Å². The van der Waals surface area contributed by atoms with Crippen molar-refractivity contribution in [2.45, 2.75) is 32.4 Å². The van der Waals surface area contributed by atoms with Crippen LogP contribution in [0.2, 0.25) is 0 Å². The Bertz CT molecular complexity index is 408. The molecule has 0 bridgehead atoms. The fraction of sp³-hybridized carbons (Fsp3) is 0.500. The molecule has 0 saturated carbocycles. The maximum atomic E-state index is 12.0. The minimum Gasteiger partial charge on any atom is -0.336 e. The van der Waals surface area contributed by atoms with Crippen molar-refractivity contribution < 1.29 is 10.0 Å². The van der Waals surface area contributed by atoms with Gasteiger partial charge < -0.3 is 10.1 Å². The Morgan fingerprint density at radius 2 is 2.00 bits per heavy atom. The van der Waals surface area contributed by atoms with Gasteiger partial charge in [-0.2, -0.15) is 0 Å². The van der Waals surface area contributed by atoms with E-state index in [4.69, 9.17) is 5.21 Å². The lowest BCUT2D eigenvalue weighted by atomic mass is 10.0. The molecule has 18 heavy (non-hydrogen) atoms. The molecule has 0 radical (unpaired) electrons. The van der Waals surface area contributed by atoms with Crippen molar-refractivity contribution in [3.05, 3.63) is 35.9 Å². The van der Waals surface area contributed by atoms with Crippen LogP contribution in [0.15, 0.2) is 30.3 Å². The molecule has 4 heteroatoms. The Kier molecular flexibility index (Phi) is 3.99. The van der Waals surface area contributed by atoms with Crippen molar-refractivity contribution in [2.75, 3.05) is 6.54 Å². The third kappa shape index (κ3) is 2.54. The average Bonchev–Trinajstić information content (AvgIpc) is 2.80. The molecule has 98 valence electrons. The smallest absolute Gasteiger partial charge is 0.223 e. The zero-order valence-electron chi connectivity index (χ0n) is 10.8. The van der Waals surface area contributed by atoms with Crippen LogP contribution in [0.4, 0.5) is 0 Å². The van der Waals surface area contributed by atoms with Gasteiger partial charge in [-0.15, -0.1) is 0 Å². The summed E-state index contributed by atoms with van der Waals surface area (Å²) in [4.78, 5) is 13.9. The van der Waals surface area contributed by atoms with Crippen molar-refractivity contribution in [2.24, 2.45) is 5.92 Å². The maximum Gasteiger partial charge on any atom is 0.223 e. The molecule has 1 aliphatic heterocycles. The second-order valence-electron chi connectivity index (χ2n) is 5.01. The van der Waals surface area contributed by atoms with Crippen molar-refractivity contribution in [1.82, 2.24) is 10.4 Å². The summed E-state index contributed by atoms with van der Waals surface area (Å²) in [5.41, 5.74) is 3.40. The predicted molar refractivity (Wildman–Crippen MR) is 69.1 cm³/mol. The van der Waals surface area contributed by atoms with Crippen LogP contribution >= 0.6 is 0 Å². The number of hydroxylamine groups is 1. The van der Waals surface area contributed by atoms with E-state index in [1.54, 1.807) is 0 Å². The number of benzene rings is 1. The standard InChI is InChI=1S/C14H20N2O2/c1-10(15-18)13-8-14(17)16(9-13)11(2)12-6-4-3-5-7-12/h3-7,10-11,13,15,18H,8-9H2,1-2H3/t10-,11?,13-/m0/s1. The Morgan fingerprint density at radius 1 is 1.33 bits per heavy atom. The van der Waals surface area contributed by atoms with Gasteiger partial charge in [0.25, 0.3) is 0 Å². The van der Waals surface area contributed by atoms with Gasteiger partial charge in [0.1, 0.15) is 0 Å². The van der Waals surface area contributed by atoms with Gasteiger partial charge in [-0.25, -0.2) is 5.48 Å². The number of rotatable bonds is 4. The minimum absolute atomic E-state index is 0.0538. The molecule has 1 aromatic rings. The van der Waals surface area contributed by atoms with E-state index in [0.29, 0.717) is 13.0 Å². The number of carbonyl (C=O) groups excluding carboxylic acids is 1. The summed E-state index contributed by atoms with van der Waals surface area (Å²) >= 11 is 0. The van der Waals surface area contributed by atoms with E-state index >= 15 is 0 Å². The van der Waals surface area contributed by atoms with E-state index in [-0.39, 0.29) is 23.9 Å². The van der Waals surface area contributed by atoms with Gasteiger partial charge in [-0.3, -0.25) is 4.79 Å². The summed E-state index contributed by atoms with van der Waals surface area (Å²) in [6.07, 6.45) is 0.506. The van der Waals surface area contributed by atoms with Gasteiger partial charge in [0, 0.05) is 24.9 Å². The van der Waals surface area contributed by atoms with Crippen LogP contribution in [0.3, 0.4) is 0 Å². The highest BCUT2D eigenvalue weighted by atomic mass is 16.5. The van der Waals surface area contributed by atoms with E-state index in [2.05, 4.69) is 5.48 Å². The first-order valence-electron chi connectivity index (χ1n) is 6.37. The zero-order valence-corrected chi connectivity index (χ0v) is 10.8. The molecule has 0 spiro atoms. The molecule has 0 aliphatic carbocycles. The molecule has 1 aliphatic rings. The lowest BCUT2D eigenvalue weighted by Gasteiger charge is -2.26. The number of carbonyl (C=O) groups is 1. The quantitative estimate of drug-likeness (QED) is 0.801. The largest absolute Gasteiger partial charge is 0.336 e. The van der Waals surface area contributed by atoms with Crippen LogP contribution in [0, 0.1) is 5.92 Å². The van der Waals surface area contributed by atoms with E-state index in [1.807, 2.05) is 49.1 Å². The van der Waals surface area contributed by atoms with Gasteiger partial charge in [-0.1, -0.05) is 30.3 Å². The molecule has 1 heterocycles. The van der Waals surface area contributed by atoms with Crippen LogP contribution in [-0.2, 0) is 4.79 Å². The third-order valence-corrected chi connectivity index (χ3v) is 3.85. The van der Waals surface area contributed by atoms with Crippen LogP contribution in [-0.4, -0.2) is 28.6 Å². The molecule has 4 nitrogen and oxygen atoms in total. The van der Waals surface area contributed by atoms with Crippen molar-refractivity contribution in [1.29, 1.82) is 0 Å². The number of nitrogens with one attached hydrogen (secondary N) is 1. The van der Waals surface area contributed by atoms with Crippen molar-refractivity contribution >= 4 is 5.91 Å². The fourth-order valence-corrected chi connectivity index (χ4v) is 2.49. The van der Waals surface area contributed by atoms with Gasteiger partial charge >= 0.3 is 0 Å². The first-order valence-corrected chi connectivity index (χ1v) is 6.37. The van der Waals surface area contributed by atoms with E-state index < -0.39 is 0 Å². The highest BCUT2D eigenvalue weighted by Crippen LogP contribution is 2.29. The van der Waals surface area contributed by atoms with E-state index in [0.717, 1.165) is 5.56 Å². The van der Waals surface area contributed by atoms with Gasteiger partial charge in [0.15, 0.2) is 0 Å². The number of likely N-dealkylation sites (tertiary alicyclic amines) is 1. The SMILES string of the molecule is CC(c1ccccc1)N1C[C@@H]([C@H](C)NO)CC1=O. The highest BCUT2D eigenvalue weighted by molar-refractivity contribution is 5.79. The Hall–Kier alpha value is -1.39. The topological polar surface area (TPSA) is 52.6 Å². The molecule has 1 amide bonds. The number of amides is 1. The average molecular weight is 248 g/mol. The monoisotopic (exact) mass is 248 g/mol. The lowest BCUT2D eigenvalue weighted by Crippen LogP contribution is -2.34. The first kappa shape index (κ1) is 13.1. The summed E-state index contributed by atoms with van der Waals surface area (Å²) in [7, 11) is 0. The molecule has 2 N–H and O–H groups in total. The molecule has 1 fully saturated rings. The molecule has 1 aromatic carbocycles. The summed E-state index contributed by atoms with van der Waals surface area (Å²) in [5.74, 6) is 0.340. The highest BCUT2D eigenvalue weighted by Gasteiger charge is 2.35. The molecular weight excluding hydrogens is 228 g/mol.